The van der Waals surface area contributed by atoms with Gasteiger partial charge in [-0.2, -0.15) is 0 Å². The zero-order valence-electron chi connectivity index (χ0n) is 11.5. The van der Waals surface area contributed by atoms with Gasteiger partial charge in [-0.05, 0) is 26.0 Å². The highest BCUT2D eigenvalue weighted by atomic mass is 19.1. The molecule has 19 heavy (non-hydrogen) atoms. The SMILES string of the molecule is CCN(CC)C(=O)CN(C)c1cccc(F)c1C=O. The number of aldehydes is 1. The van der Waals surface area contributed by atoms with Crippen molar-refractivity contribution < 1.29 is 14.0 Å². The Kier molecular flexibility index (Phi) is 5.48. The summed E-state index contributed by atoms with van der Waals surface area (Å²) in [6.07, 6.45) is 0.475. The lowest BCUT2D eigenvalue weighted by molar-refractivity contribution is -0.129. The first-order valence-electron chi connectivity index (χ1n) is 6.27. The van der Waals surface area contributed by atoms with Gasteiger partial charge >= 0.3 is 0 Å². The summed E-state index contributed by atoms with van der Waals surface area (Å²) in [7, 11) is 1.67. The van der Waals surface area contributed by atoms with Crippen molar-refractivity contribution in [3.63, 3.8) is 0 Å². The quantitative estimate of drug-likeness (QED) is 0.739. The Morgan fingerprint density at radius 1 is 1.32 bits per heavy atom. The summed E-state index contributed by atoms with van der Waals surface area (Å²) in [5, 5.41) is 0. The molecule has 0 atom stereocenters. The van der Waals surface area contributed by atoms with E-state index in [2.05, 4.69) is 0 Å². The fraction of sp³-hybridized carbons (Fsp3) is 0.429. The van der Waals surface area contributed by atoms with E-state index in [1.807, 2.05) is 13.8 Å². The first-order valence-corrected chi connectivity index (χ1v) is 6.27. The highest BCUT2D eigenvalue weighted by molar-refractivity contribution is 5.88. The van der Waals surface area contributed by atoms with Crippen LogP contribution in [0.25, 0.3) is 0 Å². The number of rotatable bonds is 6. The van der Waals surface area contributed by atoms with Crippen molar-refractivity contribution >= 4 is 17.9 Å². The van der Waals surface area contributed by atoms with Gasteiger partial charge in [0, 0.05) is 20.1 Å². The van der Waals surface area contributed by atoms with Crippen LogP contribution in [0, 0.1) is 5.82 Å². The van der Waals surface area contributed by atoms with E-state index in [1.165, 1.54) is 12.1 Å². The van der Waals surface area contributed by atoms with Crippen molar-refractivity contribution in [3.05, 3.63) is 29.6 Å². The van der Waals surface area contributed by atoms with Crippen molar-refractivity contribution in [1.82, 2.24) is 4.90 Å². The molecular weight excluding hydrogens is 247 g/mol. The van der Waals surface area contributed by atoms with Gasteiger partial charge in [0.2, 0.25) is 5.91 Å². The van der Waals surface area contributed by atoms with Crippen LogP contribution in [-0.4, -0.2) is 43.8 Å². The molecule has 104 valence electrons. The molecule has 0 aliphatic heterocycles. The van der Waals surface area contributed by atoms with Crippen LogP contribution in [0.2, 0.25) is 0 Å². The van der Waals surface area contributed by atoms with E-state index in [1.54, 1.807) is 22.9 Å². The lowest BCUT2D eigenvalue weighted by Crippen LogP contribution is -2.39. The number of carbonyl (C=O) groups is 2. The topological polar surface area (TPSA) is 40.6 Å². The highest BCUT2D eigenvalue weighted by Crippen LogP contribution is 2.20. The number of hydrogen-bond acceptors (Lipinski definition) is 3. The second-order valence-corrected chi connectivity index (χ2v) is 4.21. The Morgan fingerprint density at radius 2 is 1.95 bits per heavy atom. The maximum atomic E-state index is 13.5. The van der Waals surface area contributed by atoms with Crippen LogP contribution >= 0.6 is 0 Å². The van der Waals surface area contributed by atoms with Gasteiger partial charge < -0.3 is 9.80 Å². The second kappa shape index (κ2) is 6.87. The van der Waals surface area contributed by atoms with Crippen LogP contribution in [0.5, 0.6) is 0 Å². The average Bonchev–Trinajstić information content (AvgIpc) is 2.39. The number of anilines is 1. The predicted molar refractivity (Wildman–Crippen MR) is 73.0 cm³/mol. The Morgan fingerprint density at radius 3 is 2.47 bits per heavy atom. The summed E-state index contributed by atoms with van der Waals surface area (Å²) in [5.41, 5.74) is 0.410. The van der Waals surface area contributed by atoms with Crippen molar-refractivity contribution in [3.8, 4) is 0 Å². The lowest BCUT2D eigenvalue weighted by Gasteiger charge is -2.25. The third-order valence-electron chi connectivity index (χ3n) is 3.05. The van der Waals surface area contributed by atoms with Crippen molar-refractivity contribution in [1.29, 1.82) is 0 Å². The average molecular weight is 266 g/mol. The Bertz CT molecular complexity index is 459. The molecule has 0 heterocycles. The standard InChI is InChI=1S/C14H19FN2O2/c1-4-17(5-2)14(19)9-16(3)13-8-6-7-12(15)11(13)10-18/h6-8,10H,4-5,9H2,1-3H3. The predicted octanol–water partition coefficient (Wildman–Crippen LogP) is 1.94. The number of benzene rings is 1. The van der Waals surface area contributed by atoms with Crippen LogP contribution in [-0.2, 0) is 4.79 Å². The highest BCUT2D eigenvalue weighted by Gasteiger charge is 2.16. The number of amides is 1. The van der Waals surface area contributed by atoms with E-state index < -0.39 is 5.82 Å². The molecule has 0 radical (unpaired) electrons. The molecule has 0 saturated heterocycles. The maximum absolute atomic E-state index is 13.5. The van der Waals surface area contributed by atoms with Gasteiger partial charge in [-0.25, -0.2) is 4.39 Å². The van der Waals surface area contributed by atoms with Crippen LogP contribution in [0.3, 0.4) is 0 Å². The van der Waals surface area contributed by atoms with Crippen LogP contribution in [0.15, 0.2) is 18.2 Å². The minimum absolute atomic E-state index is 0.0163. The first kappa shape index (κ1) is 15.1. The van der Waals surface area contributed by atoms with Crippen LogP contribution < -0.4 is 4.90 Å². The zero-order chi connectivity index (χ0) is 14.4. The summed E-state index contributed by atoms with van der Waals surface area (Å²) in [4.78, 5) is 26.2. The molecule has 1 aromatic rings. The molecular formula is C14H19FN2O2. The molecule has 1 rings (SSSR count). The fourth-order valence-electron chi connectivity index (χ4n) is 1.94. The number of halogens is 1. The number of nitrogens with zero attached hydrogens (tertiary/aromatic N) is 2. The molecule has 0 spiro atoms. The smallest absolute Gasteiger partial charge is 0.242 e. The number of carbonyl (C=O) groups excluding carboxylic acids is 2. The van der Waals surface area contributed by atoms with Crippen molar-refractivity contribution in [2.75, 3.05) is 31.6 Å². The summed E-state index contributed by atoms with van der Waals surface area (Å²) in [6.45, 7) is 5.19. The molecule has 0 fully saturated rings. The minimum Gasteiger partial charge on any atom is -0.365 e. The van der Waals surface area contributed by atoms with E-state index in [0.717, 1.165) is 0 Å². The first-order chi connectivity index (χ1) is 9.04. The molecule has 0 N–H and O–H groups in total. The van der Waals surface area contributed by atoms with E-state index >= 15 is 0 Å². The van der Waals surface area contributed by atoms with E-state index in [4.69, 9.17) is 0 Å². The Labute approximate surface area is 112 Å². The number of likely N-dealkylation sites (N-methyl/N-ethyl adjacent to an activating group) is 2. The normalized spacial score (nSPS) is 10.1. The molecule has 0 aliphatic carbocycles. The summed E-state index contributed by atoms with van der Waals surface area (Å²) >= 11 is 0. The third-order valence-corrected chi connectivity index (χ3v) is 3.05. The van der Waals surface area contributed by atoms with Gasteiger partial charge in [-0.15, -0.1) is 0 Å². The molecule has 0 bridgehead atoms. The monoisotopic (exact) mass is 266 g/mol. The van der Waals surface area contributed by atoms with Gasteiger partial charge in [0.1, 0.15) is 5.82 Å². The van der Waals surface area contributed by atoms with Gasteiger partial charge in [-0.3, -0.25) is 9.59 Å². The molecule has 0 saturated carbocycles. The largest absolute Gasteiger partial charge is 0.365 e. The Hall–Kier alpha value is -1.91. The van der Waals surface area contributed by atoms with Crippen LogP contribution in [0.1, 0.15) is 24.2 Å². The minimum atomic E-state index is -0.574. The van der Waals surface area contributed by atoms with Gasteiger partial charge in [0.15, 0.2) is 6.29 Å². The number of hydrogen-bond donors (Lipinski definition) is 0. The summed E-state index contributed by atoms with van der Waals surface area (Å²) in [5.74, 6) is -0.622. The molecule has 5 heteroatoms. The Balaban J connectivity index is 2.90. The van der Waals surface area contributed by atoms with E-state index in [-0.39, 0.29) is 18.0 Å². The molecule has 0 unspecified atom stereocenters. The van der Waals surface area contributed by atoms with Gasteiger partial charge in [-0.1, -0.05) is 6.07 Å². The van der Waals surface area contributed by atoms with Crippen molar-refractivity contribution in [2.24, 2.45) is 0 Å². The molecule has 1 aromatic carbocycles. The van der Waals surface area contributed by atoms with Gasteiger partial charge in [0.25, 0.3) is 0 Å². The zero-order valence-corrected chi connectivity index (χ0v) is 11.5. The molecule has 0 aromatic heterocycles. The summed E-state index contributed by atoms with van der Waals surface area (Å²) in [6, 6.07) is 4.38. The fourth-order valence-corrected chi connectivity index (χ4v) is 1.94. The lowest BCUT2D eigenvalue weighted by atomic mass is 10.1. The van der Waals surface area contributed by atoms with Crippen molar-refractivity contribution in [2.45, 2.75) is 13.8 Å². The second-order valence-electron chi connectivity index (χ2n) is 4.21. The summed E-state index contributed by atoms with van der Waals surface area (Å²) < 4.78 is 13.5. The van der Waals surface area contributed by atoms with E-state index in [9.17, 15) is 14.0 Å². The van der Waals surface area contributed by atoms with Gasteiger partial charge in [0.05, 0.1) is 17.8 Å². The molecule has 4 nitrogen and oxygen atoms in total. The van der Waals surface area contributed by atoms with Crippen LogP contribution in [0.4, 0.5) is 10.1 Å². The molecule has 1 amide bonds. The van der Waals surface area contributed by atoms with E-state index in [0.29, 0.717) is 25.1 Å². The third kappa shape index (κ3) is 3.53. The maximum Gasteiger partial charge on any atom is 0.242 e. The molecule has 0 aliphatic rings.